The first kappa shape index (κ1) is 26.5. The Hall–Kier alpha value is -4.43. The molecule has 0 fully saturated rings. The van der Waals surface area contributed by atoms with E-state index in [0.717, 1.165) is 6.42 Å². The van der Waals surface area contributed by atoms with Crippen LogP contribution in [0.5, 0.6) is 0 Å². The van der Waals surface area contributed by atoms with Gasteiger partial charge < -0.3 is 4.90 Å². The van der Waals surface area contributed by atoms with E-state index in [9.17, 15) is 0 Å². The van der Waals surface area contributed by atoms with Crippen LogP contribution in [0.4, 0.5) is 11.4 Å². The van der Waals surface area contributed by atoms with Crippen LogP contribution in [0.1, 0.15) is 43.0 Å². The van der Waals surface area contributed by atoms with Gasteiger partial charge in [-0.3, -0.25) is 0 Å². The van der Waals surface area contributed by atoms with Crippen LogP contribution in [0.2, 0.25) is 0 Å². The summed E-state index contributed by atoms with van der Waals surface area (Å²) in [5.41, 5.74) is 10.5. The lowest BCUT2D eigenvalue weighted by Crippen LogP contribution is -2.29. The highest BCUT2D eigenvalue weighted by Gasteiger charge is 2.45. The van der Waals surface area contributed by atoms with E-state index in [1.54, 1.807) is 0 Å². The van der Waals surface area contributed by atoms with Crippen molar-refractivity contribution in [3.63, 3.8) is 0 Å². The molecule has 0 spiro atoms. The Morgan fingerprint density at radius 3 is 2.05 bits per heavy atom. The lowest BCUT2D eigenvalue weighted by molar-refractivity contribution is -0.401. The fraction of sp³-hybridized carbons (Fsp3) is 0.225. The molecule has 0 amide bonds. The van der Waals surface area contributed by atoms with Crippen LogP contribution < -0.4 is 4.90 Å². The summed E-state index contributed by atoms with van der Waals surface area (Å²) >= 11 is 0. The Bertz CT molecular complexity index is 1970. The smallest absolute Gasteiger partial charge is 0.210 e. The average molecular weight is 548 g/mol. The third-order valence-corrected chi connectivity index (χ3v) is 9.83. The number of fused-ring (bicyclic) bond motifs is 6. The summed E-state index contributed by atoms with van der Waals surface area (Å²) in [6, 6.07) is 35.8. The molecule has 0 saturated carbocycles. The Labute approximate surface area is 249 Å². The highest BCUT2D eigenvalue weighted by atomic mass is 15.2. The molecule has 2 heteroatoms. The van der Waals surface area contributed by atoms with Crippen LogP contribution in [-0.4, -0.2) is 24.4 Å². The van der Waals surface area contributed by atoms with Gasteiger partial charge in [-0.15, -0.1) is 0 Å². The lowest BCUT2D eigenvalue weighted by Gasteiger charge is -2.29. The van der Waals surface area contributed by atoms with Crippen LogP contribution in [0, 0.1) is 6.92 Å². The Morgan fingerprint density at radius 2 is 1.36 bits per heavy atom. The molecular formula is C40H39N2+. The topological polar surface area (TPSA) is 6.25 Å². The van der Waals surface area contributed by atoms with Gasteiger partial charge in [-0.05, 0) is 85.0 Å². The van der Waals surface area contributed by atoms with Gasteiger partial charge in [-0.1, -0.05) is 90.5 Å². The Kier molecular flexibility index (Phi) is 6.02. The van der Waals surface area contributed by atoms with E-state index in [0.29, 0.717) is 0 Å². The zero-order valence-electron chi connectivity index (χ0n) is 25.6. The molecule has 2 aliphatic rings. The van der Waals surface area contributed by atoms with Crippen molar-refractivity contribution in [1.82, 2.24) is 0 Å². The fourth-order valence-electron chi connectivity index (χ4n) is 7.76. The number of allylic oxidation sites excluding steroid dienone is 4. The van der Waals surface area contributed by atoms with Crippen molar-refractivity contribution >= 4 is 38.6 Å². The van der Waals surface area contributed by atoms with E-state index in [1.165, 1.54) is 66.6 Å². The molecule has 2 nitrogen and oxygen atoms in total. The highest BCUT2D eigenvalue weighted by molar-refractivity contribution is 6.07. The first-order chi connectivity index (χ1) is 20.2. The average Bonchev–Trinajstić information content (AvgIpc) is 3.33. The molecule has 0 aromatic heterocycles. The maximum absolute atomic E-state index is 2.43. The molecule has 0 N–H and O–H groups in total. The molecule has 1 atom stereocenters. The molecular weight excluding hydrogens is 508 g/mol. The molecule has 2 heterocycles. The number of nitrogens with zero attached hydrogens (tertiary/aromatic N) is 2. The molecule has 42 heavy (non-hydrogen) atoms. The summed E-state index contributed by atoms with van der Waals surface area (Å²) in [6.45, 7) is 9.32. The second-order valence-corrected chi connectivity index (χ2v) is 12.9. The molecule has 0 bridgehead atoms. The molecule has 2 aliphatic heterocycles. The van der Waals surface area contributed by atoms with Gasteiger partial charge in [0.25, 0.3) is 0 Å². The van der Waals surface area contributed by atoms with Gasteiger partial charge in [0.15, 0.2) is 5.71 Å². The number of aryl methyl sites for hydroxylation is 1. The number of rotatable bonds is 4. The molecule has 7 rings (SSSR count). The van der Waals surface area contributed by atoms with Gasteiger partial charge in [0, 0.05) is 41.6 Å². The van der Waals surface area contributed by atoms with Gasteiger partial charge >= 0.3 is 0 Å². The van der Waals surface area contributed by atoms with E-state index < -0.39 is 0 Å². The van der Waals surface area contributed by atoms with Crippen molar-refractivity contribution in [2.75, 3.05) is 19.0 Å². The van der Waals surface area contributed by atoms with E-state index in [4.69, 9.17) is 0 Å². The molecule has 0 saturated heterocycles. The predicted molar refractivity (Wildman–Crippen MR) is 180 cm³/mol. The van der Waals surface area contributed by atoms with Crippen molar-refractivity contribution in [3.8, 4) is 0 Å². The maximum atomic E-state index is 2.43. The number of benzene rings is 5. The first-order valence-electron chi connectivity index (χ1n) is 15.0. The molecule has 0 aliphatic carbocycles. The summed E-state index contributed by atoms with van der Waals surface area (Å²) in [4.78, 5) is 2.41. The summed E-state index contributed by atoms with van der Waals surface area (Å²) in [5.74, 6) is 0. The predicted octanol–water partition coefficient (Wildman–Crippen LogP) is 9.40. The van der Waals surface area contributed by atoms with Crippen LogP contribution in [0.25, 0.3) is 21.5 Å². The third-order valence-electron chi connectivity index (χ3n) is 9.83. The maximum Gasteiger partial charge on any atom is 0.210 e. The van der Waals surface area contributed by atoms with Gasteiger partial charge in [0.05, 0.1) is 5.41 Å². The Balaban J connectivity index is 1.34. The zero-order chi connectivity index (χ0) is 29.2. The van der Waals surface area contributed by atoms with Crippen LogP contribution >= 0.6 is 0 Å². The van der Waals surface area contributed by atoms with E-state index >= 15 is 0 Å². The Morgan fingerprint density at radius 1 is 0.738 bits per heavy atom. The largest absolute Gasteiger partial charge is 0.347 e. The second-order valence-electron chi connectivity index (χ2n) is 12.9. The number of hydrogen-bond acceptors (Lipinski definition) is 1. The minimum atomic E-state index is -0.175. The van der Waals surface area contributed by atoms with E-state index in [-0.39, 0.29) is 10.8 Å². The molecule has 0 radical (unpaired) electrons. The third kappa shape index (κ3) is 3.89. The molecule has 1 unspecified atom stereocenters. The van der Waals surface area contributed by atoms with Gasteiger partial charge in [0.1, 0.15) is 7.05 Å². The van der Waals surface area contributed by atoms with Crippen molar-refractivity contribution in [2.45, 2.75) is 44.9 Å². The lowest BCUT2D eigenvalue weighted by atomic mass is 9.74. The van der Waals surface area contributed by atoms with Crippen molar-refractivity contribution in [3.05, 3.63) is 143 Å². The van der Waals surface area contributed by atoms with Crippen molar-refractivity contribution in [2.24, 2.45) is 0 Å². The van der Waals surface area contributed by atoms with E-state index in [1.807, 2.05) is 0 Å². The fourth-order valence-corrected chi connectivity index (χ4v) is 7.76. The van der Waals surface area contributed by atoms with Gasteiger partial charge in [-0.25, -0.2) is 0 Å². The zero-order valence-corrected chi connectivity index (χ0v) is 25.6. The summed E-state index contributed by atoms with van der Waals surface area (Å²) < 4.78 is 2.38. The number of likely N-dealkylation sites (N-methyl/N-ethyl adjacent to an activating group) is 1. The van der Waals surface area contributed by atoms with E-state index in [2.05, 4.69) is 167 Å². The normalized spacial score (nSPS) is 20.3. The quantitative estimate of drug-likeness (QED) is 0.203. The number of hydrogen-bond donors (Lipinski definition) is 0. The minimum Gasteiger partial charge on any atom is -0.347 e. The highest BCUT2D eigenvalue weighted by Crippen LogP contribution is 2.52. The molecule has 5 aromatic rings. The standard InChI is InChI=1S/C40H39N2/c1-27-18-20-28(21-19-27)26-40(4)36(42(6)34-25-23-30-13-8-10-15-32(30)38(34)40)17-11-16-35-39(2,3)37-31-14-9-7-12-29(31)22-24-33(37)41(35)5/h7-25H,26H2,1-6H3/q+1. The van der Waals surface area contributed by atoms with Crippen LogP contribution in [-0.2, 0) is 17.3 Å². The van der Waals surface area contributed by atoms with Crippen LogP contribution in [0.3, 0.4) is 0 Å². The number of anilines is 1. The summed E-state index contributed by atoms with van der Waals surface area (Å²) in [5, 5.41) is 5.29. The SMILES string of the molecule is Cc1ccc(CC2(C)/C(=C\C=C\C3=[N+](C)c4ccc5ccccc5c4C3(C)C)N(C)c3ccc4ccccc4c32)cc1. The monoisotopic (exact) mass is 547 g/mol. The van der Waals surface area contributed by atoms with Crippen LogP contribution in [0.15, 0.2) is 121 Å². The first-order valence-corrected chi connectivity index (χ1v) is 15.0. The van der Waals surface area contributed by atoms with Gasteiger partial charge in [0.2, 0.25) is 5.69 Å². The molecule has 5 aromatic carbocycles. The second kappa shape index (κ2) is 9.56. The van der Waals surface area contributed by atoms with Gasteiger partial charge in [-0.2, -0.15) is 4.58 Å². The van der Waals surface area contributed by atoms with Crippen molar-refractivity contribution in [1.29, 1.82) is 0 Å². The minimum absolute atomic E-state index is 0.105. The van der Waals surface area contributed by atoms with Crippen molar-refractivity contribution < 1.29 is 4.58 Å². The summed E-state index contributed by atoms with van der Waals surface area (Å²) in [6.07, 6.45) is 7.93. The summed E-state index contributed by atoms with van der Waals surface area (Å²) in [7, 11) is 4.44. The molecule has 208 valence electrons.